The van der Waals surface area contributed by atoms with Crippen LogP contribution in [0, 0.1) is 0 Å². The molecule has 0 amide bonds. The van der Waals surface area contributed by atoms with Crippen LogP contribution in [0.5, 0.6) is 0 Å². The van der Waals surface area contributed by atoms with E-state index < -0.39 is 11.4 Å². The zero-order valence-corrected chi connectivity index (χ0v) is 14.8. The molecule has 0 aliphatic carbocycles. The molecule has 24 heavy (non-hydrogen) atoms. The van der Waals surface area contributed by atoms with Crippen LogP contribution >= 0.6 is 0 Å². The predicted octanol–water partition coefficient (Wildman–Crippen LogP) is 6.06. The molecule has 130 valence electrons. The maximum Gasteiger partial charge on any atom is 0.318 e. The monoisotopic (exact) mass is 326 g/mol. The van der Waals surface area contributed by atoms with Gasteiger partial charge in [-0.05, 0) is 17.6 Å². The van der Waals surface area contributed by atoms with Gasteiger partial charge in [-0.2, -0.15) is 0 Å². The Labute approximate surface area is 146 Å². The Morgan fingerprint density at radius 1 is 1.08 bits per heavy atom. The number of allylic oxidation sites excluding steroid dienone is 3. The van der Waals surface area contributed by atoms with Gasteiger partial charge in [0.2, 0.25) is 0 Å². The molecule has 0 saturated carbocycles. The highest BCUT2D eigenvalue weighted by Gasteiger charge is 2.42. The Morgan fingerprint density at radius 2 is 1.71 bits per heavy atom. The highest BCUT2D eigenvalue weighted by molar-refractivity contribution is 5.86. The van der Waals surface area contributed by atoms with Gasteiger partial charge in [-0.3, -0.25) is 4.79 Å². The summed E-state index contributed by atoms with van der Waals surface area (Å²) in [6.45, 7) is 9.77. The standard InChI is InChI=1S/C22H30O2/c1-4-7-8-9-10-14-18-22(21(23)24,19(6-3)15-5-2)20-16-12-11-13-17-20/h5-6,11-13,15-17H,2-4,7-10,14,18H2,1H3,(H,23,24)/b19-15+. The molecule has 0 spiro atoms. The van der Waals surface area contributed by atoms with Crippen LogP contribution in [0.15, 0.2) is 67.3 Å². The summed E-state index contributed by atoms with van der Waals surface area (Å²) < 4.78 is 0. The summed E-state index contributed by atoms with van der Waals surface area (Å²) in [6, 6.07) is 9.48. The van der Waals surface area contributed by atoms with Gasteiger partial charge < -0.3 is 5.11 Å². The first-order chi connectivity index (χ1) is 11.6. The number of carboxylic acid groups (broad SMARTS) is 1. The van der Waals surface area contributed by atoms with Crippen LogP contribution in [-0.4, -0.2) is 11.1 Å². The molecule has 1 N–H and O–H groups in total. The van der Waals surface area contributed by atoms with E-state index >= 15 is 0 Å². The zero-order valence-electron chi connectivity index (χ0n) is 14.8. The number of carbonyl (C=O) groups is 1. The molecular formula is C22H30O2. The van der Waals surface area contributed by atoms with Gasteiger partial charge in [0.25, 0.3) is 0 Å². The van der Waals surface area contributed by atoms with Crippen molar-refractivity contribution >= 4 is 5.97 Å². The number of carboxylic acids is 1. The molecular weight excluding hydrogens is 296 g/mol. The molecule has 1 aromatic carbocycles. The van der Waals surface area contributed by atoms with Gasteiger partial charge in [0, 0.05) is 0 Å². The van der Waals surface area contributed by atoms with Gasteiger partial charge in [-0.25, -0.2) is 0 Å². The third-order valence-corrected chi connectivity index (χ3v) is 4.55. The first-order valence-corrected chi connectivity index (χ1v) is 8.88. The second-order valence-electron chi connectivity index (χ2n) is 6.16. The number of aliphatic carboxylic acids is 1. The molecule has 1 aromatic rings. The van der Waals surface area contributed by atoms with E-state index in [4.69, 9.17) is 0 Å². The van der Waals surface area contributed by atoms with Crippen LogP contribution in [0.25, 0.3) is 0 Å². The number of hydrogen-bond donors (Lipinski definition) is 1. The van der Waals surface area contributed by atoms with Crippen LogP contribution in [0.2, 0.25) is 0 Å². The molecule has 0 fully saturated rings. The Hall–Kier alpha value is -2.09. The predicted molar refractivity (Wildman–Crippen MR) is 102 cm³/mol. The Morgan fingerprint density at radius 3 is 2.25 bits per heavy atom. The first-order valence-electron chi connectivity index (χ1n) is 8.88. The van der Waals surface area contributed by atoms with E-state index in [1.807, 2.05) is 30.3 Å². The highest BCUT2D eigenvalue weighted by atomic mass is 16.4. The van der Waals surface area contributed by atoms with Crippen molar-refractivity contribution in [2.24, 2.45) is 0 Å². The van der Waals surface area contributed by atoms with Crippen molar-refractivity contribution in [2.75, 3.05) is 0 Å². The smallest absolute Gasteiger partial charge is 0.318 e. The first kappa shape index (κ1) is 20.0. The minimum Gasteiger partial charge on any atom is -0.480 e. The summed E-state index contributed by atoms with van der Waals surface area (Å²) in [5, 5.41) is 10.1. The van der Waals surface area contributed by atoms with Crippen molar-refractivity contribution in [3.8, 4) is 0 Å². The zero-order chi connectivity index (χ0) is 17.8. The lowest BCUT2D eigenvalue weighted by atomic mass is 9.70. The van der Waals surface area contributed by atoms with Gasteiger partial charge in [0.1, 0.15) is 5.41 Å². The molecule has 0 aliphatic rings. The van der Waals surface area contributed by atoms with Crippen molar-refractivity contribution in [2.45, 2.75) is 57.3 Å². The summed E-state index contributed by atoms with van der Waals surface area (Å²) in [5.74, 6) is -0.824. The number of benzene rings is 1. The number of rotatable bonds is 12. The molecule has 0 aromatic heterocycles. The van der Waals surface area contributed by atoms with Gasteiger partial charge in [-0.15, -0.1) is 0 Å². The Kier molecular flexibility index (Phi) is 8.85. The fourth-order valence-corrected chi connectivity index (χ4v) is 3.21. The topological polar surface area (TPSA) is 37.3 Å². The van der Waals surface area contributed by atoms with Crippen molar-refractivity contribution in [1.29, 1.82) is 0 Å². The summed E-state index contributed by atoms with van der Waals surface area (Å²) in [6.07, 6.45) is 12.4. The average molecular weight is 326 g/mol. The second-order valence-corrected chi connectivity index (χ2v) is 6.16. The minimum atomic E-state index is -1.05. The normalized spacial score (nSPS) is 14.0. The lowest BCUT2D eigenvalue weighted by Crippen LogP contribution is -2.37. The molecule has 0 radical (unpaired) electrons. The summed E-state index contributed by atoms with van der Waals surface area (Å²) in [7, 11) is 0. The van der Waals surface area contributed by atoms with Crippen molar-refractivity contribution in [1.82, 2.24) is 0 Å². The maximum absolute atomic E-state index is 12.3. The third kappa shape index (κ3) is 4.95. The maximum atomic E-state index is 12.3. The number of hydrogen-bond acceptors (Lipinski definition) is 1. The van der Waals surface area contributed by atoms with E-state index in [1.165, 1.54) is 19.3 Å². The van der Waals surface area contributed by atoms with E-state index in [-0.39, 0.29) is 0 Å². The van der Waals surface area contributed by atoms with Crippen LogP contribution in [-0.2, 0) is 10.2 Å². The molecule has 1 unspecified atom stereocenters. The van der Waals surface area contributed by atoms with Crippen LogP contribution in [0.3, 0.4) is 0 Å². The number of unbranched alkanes of at least 4 members (excludes halogenated alkanes) is 5. The summed E-state index contributed by atoms with van der Waals surface area (Å²) in [5.41, 5.74) is 0.450. The van der Waals surface area contributed by atoms with Gasteiger partial charge in [-0.1, -0.05) is 107 Å². The fourth-order valence-electron chi connectivity index (χ4n) is 3.21. The SMILES string of the molecule is C=C/C=C(\C=C)C(CCCCCCCC)(C(=O)O)c1ccccc1. The Bertz CT molecular complexity index is 557. The van der Waals surface area contributed by atoms with Gasteiger partial charge >= 0.3 is 5.97 Å². The van der Waals surface area contributed by atoms with Gasteiger partial charge in [0.15, 0.2) is 0 Å². The fraction of sp³-hybridized carbons (Fsp3) is 0.409. The summed E-state index contributed by atoms with van der Waals surface area (Å²) >= 11 is 0. The van der Waals surface area contributed by atoms with Crippen molar-refractivity contribution < 1.29 is 9.90 Å². The lowest BCUT2D eigenvalue weighted by Gasteiger charge is -2.31. The molecule has 1 rings (SSSR count). The van der Waals surface area contributed by atoms with E-state index in [0.29, 0.717) is 12.0 Å². The quantitative estimate of drug-likeness (QED) is 0.374. The highest BCUT2D eigenvalue weighted by Crippen LogP contribution is 2.38. The van der Waals surface area contributed by atoms with Crippen LogP contribution in [0.4, 0.5) is 0 Å². The molecule has 2 nitrogen and oxygen atoms in total. The lowest BCUT2D eigenvalue weighted by molar-refractivity contribution is -0.142. The minimum absolute atomic E-state index is 0.574. The molecule has 0 aliphatic heterocycles. The molecule has 0 heterocycles. The van der Waals surface area contributed by atoms with Gasteiger partial charge in [0.05, 0.1) is 0 Å². The van der Waals surface area contributed by atoms with E-state index in [9.17, 15) is 9.90 Å². The van der Waals surface area contributed by atoms with E-state index in [1.54, 1.807) is 18.2 Å². The molecule has 1 atom stereocenters. The largest absolute Gasteiger partial charge is 0.480 e. The second kappa shape index (κ2) is 10.6. The third-order valence-electron chi connectivity index (χ3n) is 4.55. The average Bonchev–Trinajstić information content (AvgIpc) is 2.60. The van der Waals surface area contributed by atoms with Crippen LogP contribution in [0.1, 0.15) is 57.4 Å². The van der Waals surface area contributed by atoms with E-state index in [0.717, 1.165) is 24.8 Å². The Balaban J connectivity index is 3.09. The molecule has 2 heteroatoms. The van der Waals surface area contributed by atoms with E-state index in [2.05, 4.69) is 20.1 Å². The van der Waals surface area contributed by atoms with Crippen LogP contribution < -0.4 is 0 Å². The summed E-state index contributed by atoms with van der Waals surface area (Å²) in [4.78, 5) is 12.3. The molecule has 0 saturated heterocycles. The molecule has 0 bridgehead atoms. The van der Waals surface area contributed by atoms with Crippen molar-refractivity contribution in [3.63, 3.8) is 0 Å². The van der Waals surface area contributed by atoms with Crippen molar-refractivity contribution in [3.05, 3.63) is 72.9 Å².